The van der Waals surface area contributed by atoms with Gasteiger partial charge in [-0.2, -0.15) is 0 Å². The molecule has 0 aliphatic heterocycles. The molecule has 0 spiro atoms. The first-order valence-electron chi connectivity index (χ1n) is 6.97. The largest absolute Gasteiger partial charge is 0.393 e. The van der Waals surface area contributed by atoms with E-state index in [4.69, 9.17) is 18.0 Å². The van der Waals surface area contributed by atoms with Gasteiger partial charge in [0, 0.05) is 30.3 Å². The second kappa shape index (κ2) is 5.77. The summed E-state index contributed by atoms with van der Waals surface area (Å²) >= 11 is 5.04. The van der Waals surface area contributed by atoms with E-state index in [2.05, 4.69) is 4.98 Å². The van der Waals surface area contributed by atoms with Crippen molar-refractivity contribution in [3.63, 3.8) is 0 Å². The molecule has 7 heteroatoms. The number of nitro benzene ring substituents is 1. The standard InChI is InChI=1S/C16H14N4O2S/c1-10-4-3-7-19-13(9-14(17)23)15(18-16(10)19)11-5-2-6-12(8-11)20(21)22/h2-8H,9H2,1H3,(H2,17,23). The van der Waals surface area contributed by atoms with Crippen LogP contribution in [0, 0.1) is 17.0 Å². The van der Waals surface area contributed by atoms with Crippen LogP contribution in [0.3, 0.4) is 0 Å². The maximum absolute atomic E-state index is 11.0. The van der Waals surface area contributed by atoms with E-state index in [1.165, 1.54) is 12.1 Å². The van der Waals surface area contributed by atoms with Gasteiger partial charge in [0.15, 0.2) is 0 Å². The summed E-state index contributed by atoms with van der Waals surface area (Å²) in [7, 11) is 0. The summed E-state index contributed by atoms with van der Waals surface area (Å²) in [6.45, 7) is 1.96. The van der Waals surface area contributed by atoms with Crippen molar-refractivity contribution >= 4 is 28.5 Å². The van der Waals surface area contributed by atoms with Crippen molar-refractivity contribution < 1.29 is 4.92 Å². The van der Waals surface area contributed by atoms with Crippen LogP contribution in [0.1, 0.15) is 11.3 Å². The number of nitro groups is 1. The molecule has 116 valence electrons. The van der Waals surface area contributed by atoms with E-state index in [-0.39, 0.29) is 5.69 Å². The van der Waals surface area contributed by atoms with Crippen LogP contribution >= 0.6 is 12.2 Å². The minimum atomic E-state index is -0.419. The second-order valence-corrected chi connectivity index (χ2v) is 5.77. The molecule has 0 fully saturated rings. The van der Waals surface area contributed by atoms with E-state index in [0.29, 0.717) is 22.7 Å². The van der Waals surface area contributed by atoms with Gasteiger partial charge in [0.2, 0.25) is 0 Å². The Morgan fingerprint density at radius 1 is 1.39 bits per heavy atom. The van der Waals surface area contributed by atoms with Crippen LogP contribution in [0.15, 0.2) is 42.6 Å². The van der Waals surface area contributed by atoms with Gasteiger partial charge in [0.1, 0.15) is 5.65 Å². The molecule has 23 heavy (non-hydrogen) atoms. The molecule has 3 rings (SSSR count). The van der Waals surface area contributed by atoms with Gasteiger partial charge >= 0.3 is 0 Å². The van der Waals surface area contributed by atoms with Gasteiger partial charge in [0.25, 0.3) is 5.69 Å². The van der Waals surface area contributed by atoms with Crippen LogP contribution < -0.4 is 5.73 Å². The van der Waals surface area contributed by atoms with Crippen LogP contribution in [0.5, 0.6) is 0 Å². The Morgan fingerprint density at radius 2 is 2.17 bits per heavy atom. The maximum atomic E-state index is 11.0. The third-order valence-corrected chi connectivity index (χ3v) is 3.76. The van der Waals surface area contributed by atoms with Crippen LogP contribution in [0.2, 0.25) is 0 Å². The highest BCUT2D eigenvalue weighted by atomic mass is 32.1. The summed E-state index contributed by atoms with van der Waals surface area (Å²) in [6.07, 6.45) is 2.27. The summed E-state index contributed by atoms with van der Waals surface area (Å²) in [5, 5.41) is 11.0. The summed E-state index contributed by atoms with van der Waals surface area (Å²) in [4.78, 5) is 15.6. The molecule has 0 saturated heterocycles. The number of pyridine rings is 1. The predicted molar refractivity (Wildman–Crippen MR) is 92.5 cm³/mol. The van der Waals surface area contributed by atoms with E-state index in [9.17, 15) is 10.1 Å². The van der Waals surface area contributed by atoms with E-state index >= 15 is 0 Å². The molecule has 6 nitrogen and oxygen atoms in total. The molecule has 2 aromatic heterocycles. The normalized spacial score (nSPS) is 10.8. The van der Waals surface area contributed by atoms with Crippen LogP contribution in [0.4, 0.5) is 5.69 Å². The number of aromatic nitrogens is 2. The zero-order chi connectivity index (χ0) is 16.6. The van der Waals surface area contributed by atoms with Gasteiger partial charge in [-0.05, 0) is 18.6 Å². The highest BCUT2D eigenvalue weighted by Gasteiger charge is 2.17. The number of hydrogen-bond donors (Lipinski definition) is 1. The van der Waals surface area contributed by atoms with Crippen LogP contribution in [0.25, 0.3) is 16.9 Å². The topological polar surface area (TPSA) is 86.5 Å². The fraction of sp³-hybridized carbons (Fsp3) is 0.125. The third-order valence-electron chi connectivity index (χ3n) is 3.62. The van der Waals surface area contributed by atoms with Crippen molar-refractivity contribution in [2.75, 3.05) is 0 Å². The molecule has 0 aliphatic carbocycles. The lowest BCUT2D eigenvalue weighted by molar-refractivity contribution is -0.384. The van der Waals surface area contributed by atoms with Crippen molar-refractivity contribution in [2.45, 2.75) is 13.3 Å². The van der Waals surface area contributed by atoms with E-state index in [0.717, 1.165) is 16.9 Å². The number of nitrogens with two attached hydrogens (primary N) is 1. The molecule has 0 atom stereocenters. The molecule has 3 aromatic rings. The van der Waals surface area contributed by atoms with Gasteiger partial charge in [-0.25, -0.2) is 4.98 Å². The van der Waals surface area contributed by atoms with E-state index < -0.39 is 4.92 Å². The summed E-state index contributed by atoms with van der Waals surface area (Å²) in [5.74, 6) is 0. The average Bonchev–Trinajstić information content (AvgIpc) is 2.87. The SMILES string of the molecule is Cc1cccn2c(CC(N)=S)c(-c3cccc([N+](=O)[O-])c3)nc12. The minimum absolute atomic E-state index is 0.0255. The summed E-state index contributed by atoms with van der Waals surface area (Å²) in [6, 6.07) is 10.3. The number of nitrogens with zero attached hydrogens (tertiary/aromatic N) is 3. The molecule has 1 aromatic carbocycles. The first-order chi connectivity index (χ1) is 11.0. The molecule has 2 heterocycles. The number of non-ortho nitro benzene ring substituents is 1. The van der Waals surface area contributed by atoms with Crippen molar-refractivity contribution in [1.29, 1.82) is 0 Å². The van der Waals surface area contributed by atoms with Crippen LogP contribution in [-0.4, -0.2) is 19.3 Å². The van der Waals surface area contributed by atoms with Gasteiger partial charge in [-0.15, -0.1) is 0 Å². The maximum Gasteiger partial charge on any atom is 0.270 e. The Balaban J connectivity index is 2.27. The average molecular weight is 326 g/mol. The number of hydrogen-bond acceptors (Lipinski definition) is 4. The number of aryl methyl sites for hydroxylation is 1. The second-order valence-electron chi connectivity index (χ2n) is 5.24. The zero-order valence-electron chi connectivity index (χ0n) is 12.4. The van der Waals surface area contributed by atoms with Crippen molar-refractivity contribution in [3.05, 3.63) is 64.0 Å². The van der Waals surface area contributed by atoms with E-state index in [1.54, 1.807) is 12.1 Å². The number of fused-ring (bicyclic) bond motifs is 1. The minimum Gasteiger partial charge on any atom is -0.393 e. The fourth-order valence-corrected chi connectivity index (χ4v) is 2.72. The smallest absolute Gasteiger partial charge is 0.270 e. The lowest BCUT2D eigenvalue weighted by Crippen LogP contribution is -2.13. The molecule has 0 aliphatic rings. The third kappa shape index (κ3) is 2.78. The van der Waals surface area contributed by atoms with Gasteiger partial charge in [-0.1, -0.05) is 30.4 Å². The van der Waals surface area contributed by atoms with Crippen molar-refractivity contribution in [3.8, 4) is 11.3 Å². The Bertz CT molecular complexity index is 933. The van der Waals surface area contributed by atoms with Gasteiger partial charge in [-0.3, -0.25) is 10.1 Å². The molecule has 0 radical (unpaired) electrons. The molecule has 0 unspecified atom stereocenters. The molecule has 2 N–H and O–H groups in total. The zero-order valence-corrected chi connectivity index (χ0v) is 13.2. The number of imidazole rings is 1. The highest BCUT2D eigenvalue weighted by Crippen LogP contribution is 2.28. The first-order valence-corrected chi connectivity index (χ1v) is 7.38. The van der Waals surface area contributed by atoms with E-state index in [1.807, 2.05) is 29.7 Å². The number of rotatable bonds is 4. The van der Waals surface area contributed by atoms with Crippen LogP contribution in [-0.2, 0) is 6.42 Å². The summed E-state index contributed by atoms with van der Waals surface area (Å²) < 4.78 is 1.93. The molecule has 0 saturated carbocycles. The molecular formula is C16H14N4O2S. The fourth-order valence-electron chi connectivity index (χ4n) is 2.58. The van der Waals surface area contributed by atoms with Crippen molar-refractivity contribution in [2.24, 2.45) is 5.73 Å². The first kappa shape index (κ1) is 15.1. The summed E-state index contributed by atoms with van der Waals surface area (Å²) in [5.41, 5.74) is 9.71. The molecular weight excluding hydrogens is 312 g/mol. The Hall–Kier alpha value is -2.80. The predicted octanol–water partition coefficient (Wildman–Crippen LogP) is 3.05. The van der Waals surface area contributed by atoms with Gasteiger partial charge < -0.3 is 10.1 Å². The highest BCUT2D eigenvalue weighted by molar-refractivity contribution is 7.80. The number of thiocarbonyl (C=S) groups is 1. The monoisotopic (exact) mass is 326 g/mol. The number of benzene rings is 1. The lowest BCUT2D eigenvalue weighted by atomic mass is 10.1. The Labute approximate surface area is 137 Å². The van der Waals surface area contributed by atoms with Crippen molar-refractivity contribution in [1.82, 2.24) is 9.38 Å². The Morgan fingerprint density at radius 3 is 2.87 bits per heavy atom. The molecule has 0 amide bonds. The molecule has 0 bridgehead atoms. The quantitative estimate of drug-likeness (QED) is 0.452. The lowest BCUT2D eigenvalue weighted by Gasteiger charge is -2.05. The van der Waals surface area contributed by atoms with Gasteiger partial charge in [0.05, 0.1) is 21.3 Å². The Kier molecular flexibility index (Phi) is 3.79.